The van der Waals surface area contributed by atoms with Crippen molar-refractivity contribution in [3.05, 3.63) is 65.7 Å². The highest BCUT2D eigenvalue weighted by molar-refractivity contribution is 5.66. The Kier molecular flexibility index (Phi) is 5.38. The summed E-state index contributed by atoms with van der Waals surface area (Å²) in [5.41, 5.74) is 2.23. The van der Waals surface area contributed by atoms with Gasteiger partial charge in [-0.25, -0.2) is 0 Å². The first kappa shape index (κ1) is 15.1. The molecule has 2 aromatic rings. The van der Waals surface area contributed by atoms with Gasteiger partial charge in [0, 0.05) is 6.92 Å². The molecule has 0 bridgehead atoms. The third-order valence-electron chi connectivity index (χ3n) is 3.33. The summed E-state index contributed by atoms with van der Waals surface area (Å²) in [4.78, 5) is 11.3. The Balaban J connectivity index is 2.07. The molecule has 0 fully saturated rings. The van der Waals surface area contributed by atoms with Crippen molar-refractivity contribution in [1.82, 2.24) is 0 Å². The van der Waals surface area contributed by atoms with E-state index in [4.69, 9.17) is 9.47 Å². The lowest BCUT2D eigenvalue weighted by Gasteiger charge is -2.18. The van der Waals surface area contributed by atoms with Crippen molar-refractivity contribution in [3.8, 4) is 5.75 Å². The molecular weight excluding hydrogens is 264 g/mol. The highest BCUT2D eigenvalue weighted by atomic mass is 16.5. The number of rotatable bonds is 6. The van der Waals surface area contributed by atoms with Crippen molar-refractivity contribution < 1.29 is 14.3 Å². The van der Waals surface area contributed by atoms with Gasteiger partial charge in [0.05, 0.1) is 7.11 Å². The van der Waals surface area contributed by atoms with E-state index in [0.717, 1.165) is 24.2 Å². The van der Waals surface area contributed by atoms with Gasteiger partial charge >= 0.3 is 5.97 Å². The van der Waals surface area contributed by atoms with Gasteiger partial charge in [-0.15, -0.1) is 0 Å². The zero-order chi connectivity index (χ0) is 15.1. The lowest BCUT2D eigenvalue weighted by molar-refractivity contribution is -0.147. The van der Waals surface area contributed by atoms with Gasteiger partial charge in [0.15, 0.2) is 0 Å². The normalized spacial score (nSPS) is 11.7. The fourth-order valence-corrected chi connectivity index (χ4v) is 2.25. The van der Waals surface area contributed by atoms with Crippen LogP contribution in [0.5, 0.6) is 5.75 Å². The third-order valence-corrected chi connectivity index (χ3v) is 3.33. The number of carbonyl (C=O) groups excluding carboxylic acids is 1. The van der Waals surface area contributed by atoms with Crippen LogP contribution in [-0.2, 0) is 16.0 Å². The Labute approximate surface area is 125 Å². The summed E-state index contributed by atoms with van der Waals surface area (Å²) >= 11 is 0. The number of methoxy groups -OCH3 is 1. The van der Waals surface area contributed by atoms with Gasteiger partial charge in [0.2, 0.25) is 0 Å². The van der Waals surface area contributed by atoms with E-state index in [1.54, 1.807) is 7.11 Å². The molecule has 0 aromatic heterocycles. The Hall–Kier alpha value is -2.29. The summed E-state index contributed by atoms with van der Waals surface area (Å²) in [6, 6.07) is 17.8. The molecule has 1 atom stereocenters. The van der Waals surface area contributed by atoms with E-state index in [1.165, 1.54) is 12.5 Å². The number of ether oxygens (including phenoxy) is 2. The molecule has 2 rings (SSSR count). The Bertz CT molecular complexity index is 561. The second-order valence-corrected chi connectivity index (χ2v) is 4.90. The van der Waals surface area contributed by atoms with Gasteiger partial charge in [0.1, 0.15) is 11.9 Å². The lowest BCUT2D eigenvalue weighted by Crippen LogP contribution is -2.09. The van der Waals surface area contributed by atoms with Crippen LogP contribution in [0.1, 0.15) is 30.6 Å². The van der Waals surface area contributed by atoms with Crippen molar-refractivity contribution in [3.63, 3.8) is 0 Å². The van der Waals surface area contributed by atoms with Crippen molar-refractivity contribution in [2.75, 3.05) is 7.11 Å². The number of benzene rings is 2. The van der Waals surface area contributed by atoms with Crippen LogP contribution in [0.3, 0.4) is 0 Å². The Morgan fingerprint density at radius 1 is 1.05 bits per heavy atom. The fourth-order valence-electron chi connectivity index (χ4n) is 2.25. The second kappa shape index (κ2) is 7.48. The van der Waals surface area contributed by atoms with E-state index in [2.05, 4.69) is 12.1 Å². The van der Waals surface area contributed by atoms with Crippen molar-refractivity contribution in [2.45, 2.75) is 25.9 Å². The molecule has 0 heterocycles. The summed E-state index contributed by atoms with van der Waals surface area (Å²) in [5.74, 6) is 0.535. The highest BCUT2D eigenvalue weighted by Gasteiger charge is 2.15. The summed E-state index contributed by atoms with van der Waals surface area (Å²) in [7, 11) is 1.63. The van der Waals surface area contributed by atoms with Crippen molar-refractivity contribution >= 4 is 5.97 Å². The minimum absolute atomic E-state index is 0.228. The molecule has 0 saturated carbocycles. The summed E-state index contributed by atoms with van der Waals surface area (Å²) in [6.45, 7) is 1.44. The highest BCUT2D eigenvalue weighted by Crippen LogP contribution is 2.25. The zero-order valence-corrected chi connectivity index (χ0v) is 12.4. The zero-order valence-electron chi connectivity index (χ0n) is 12.4. The topological polar surface area (TPSA) is 35.5 Å². The Morgan fingerprint density at radius 2 is 1.71 bits per heavy atom. The molecule has 2 aromatic carbocycles. The molecule has 0 saturated heterocycles. The van der Waals surface area contributed by atoms with Crippen LogP contribution >= 0.6 is 0 Å². The molecule has 0 N–H and O–H groups in total. The van der Waals surface area contributed by atoms with Gasteiger partial charge in [-0.3, -0.25) is 4.79 Å². The number of carbonyl (C=O) groups is 1. The van der Waals surface area contributed by atoms with Crippen molar-refractivity contribution in [1.29, 1.82) is 0 Å². The molecule has 21 heavy (non-hydrogen) atoms. The lowest BCUT2D eigenvalue weighted by atomic mass is 10.0. The van der Waals surface area contributed by atoms with Gasteiger partial charge in [-0.1, -0.05) is 42.5 Å². The van der Waals surface area contributed by atoms with E-state index < -0.39 is 0 Å². The molecule has 0 radical (unpaired) electrons. The molecule has 3 heteroatoms. The van der Waals surface area contributed by atoms with Gasteiger partial charge in [0.25, 0.3) is 0 Å². The predicted molar refractivity (Wildman–Crippen MR) is 82.3 cm³/mol. The summed E-state index contributed by atoms with van der Waals surface area (Å²) in [6.07, 6.45) is 1.40. The first-order chi connectivity index (χ1) is 10.2. The van der Waals surface area contributed by atoms with Crippen LogP contribution in [0.2, 0.25) is 0 Å². The maximum absolute atomic E-state index is 11.3. The maximum Gasteiger partial charge on any atom is 0.303 e. The quantitative estimate of drug-likeness (QED) is 0.754. The van der Waals surface area contributed by atoms with Crippen LogP contribution < -0.4 is 4.74 Å². The Morgan fingerprint density at radius 3 is 2.29 bits per heavy atom. The molecule has 110 valence electrons. The van der Waals surface area contributed by atoms with Crippen molar-refractivity contribution in [2.24, 2.45) is 0 Å². The minimum atomic E-state index is -0.260. The molecule has 0 aliphatic rings. The van der Waals surface area contributed by atoms with E-state index in [9.17, 15) is 4.79 Å². The monoisotopic (exact) mass is 284 g/mol. The second-order valence-electron chi connectivity index (χ2n) is 4.90. The minimum Gasteiger partial charge on any atom is -0.497 e. The van der Waals surface area contributed by atoms with Crippen LogP contribution in [0, 0.1) is 0 Å². The number of hydrogen-bond acceptors (Lipinski definition) is 3. The molecule has 0 aliphatic carbocycles. The van der Waals surface area contributed by atoms with E-state index >= 15 is 0 Å². The SMILES string of the molecule is COc1ccc([C@H](CCc2ccccc2)OC(C)=O)cc1. The van der Waals surface area contributed by atoms with Gasteiger partial charge < -0.3 is 9.47 Å². The largest absolute Gasteiger partial charge is 0.497 e. The average Bonchev–Trinajstić information content (AvgIpc) is 2.52. The van der Waals surface area contributed by atoms with Crippen LogP contribution in [0.4, 0.5) is 0 Å². The van der Waals surface area contributed by atoms with Gasteiger partial charge in [-0.05, 0) is 36.1 Å². The average molecular weight is 284 g/mol. The number of esters is 1. The fraction of sp³-hybridized carbons (Fsp3) is 0.278. The van der Waals surface area contributed by atoms with E-state index in [1.807, 2.05) is 42.5 Å². The standard InChI is InChI=1S/C18H20O3/c1-14(19)21-18(13-8-15-6-4-3-5-7-15)16-9-11-17(20-2)12-10-16/h3-7,9-12,18H,8,13H2,1-2H3/t18-/m0/s1. The maximum atomic E-state index is 11.3. The molecule has 0 unspecified atom stereocenters. The smallest absolute Gasteiger partial charge is 0.303 e. The number of hydrogen-bond donors (Lipinski definition) is 0. The van der Waals surface area contributed by atoms with Crippen LogP contribution in [0.15, 0.2) is 54.6 Å². The van der Waals surface area contributed by atoms with Crippen LogP contribution in [0.25, 0.3) is 0 Å². The van der Waals surface area contributed by atoms with E-state index in [-0.39, 0.29) is 12.1 Å². The molecule has 0 spiro atoms. The first-order valence-corrected chi connectivity index (χ1v) is 7.04. The summed E-state index contributed by atoms with van der Waals surface area (Å²) < 4.78 is 10.6. The molecule has 0 amide bonds. The van der Waals surface area contributed by atoms with Crippen LogP contribution in [-0.4, -0.2) is 13.1 Å². The number of aryl methyl sites for hydroxylation is 1. The first-order valence-electron chi connectivity index (χ1n) is 7.04. The molecule has 0 aliphatic heterocycles. The summed E-state index contributed by atoms with van der Waals surface area (Å²) in [5, 5.41) is 0. The molecular formula is C18H20O3. The molecule has 3 nitrogen and oxygen atoms in total. The van der Waals surface area contributed by atoms with E-state index in [0.29, 0.717) is 0 Å². The predicted octanol–water partition coefficient (Wildman–Crippen LogP) is 3.93. The third kappa shape index (κ3) is 4.63. The van der Waals surface area contributed by atoms with Gasteiger partial charge in [-0.2, -0.15) is 0 Å².